The van der Waals surface area contributed by atoms with E-state index in [0.29, 0.717) is 18.9 Å². The lowest BCUT2D eigenvalue weighted by atomic mass is 10.0. The van der Waals surface area contributed by atoms with Crippen molar-refractivity contribution in [2.45, 2.75) is 38.3 Å². The van der Waals surface area contributed by atoms with Crippen LogP contribution < -0.4 is 0 Å². The van der Waals surface area contributed by atoms with E-state index in [-0.39, 0.29) is 5.91 Å². The highest BCUT2D eigenvalue weighted by Gasteiger charge is 2.26. The number of likely N-dealkylation sites (tertiary alicyclic amines) is 1. The summed E-state index contributed by atoms with van der Waals surface area (Å²) in [6.45, 7) is 2.62. The van der Waals surface area contributed by atoms with Gasteiger partial charge in [0.15, 0.2) is 0 Å². The zero-order valence-corrected chi connectivity index (χ0v) is 14.8. The molecule has 2 aromatic rings. The number of rotatable bonds is 6. The number of piperidine rings is 1. The first kappa shape index (κ1) is 17.5. The van der Waals surface area contributed by atoms with Crippen LogP contribution in [0.15, 0.2) is 48.9 Å². The van der Waals surface area contributed by atoms with Crippen LogP contribution in [0.1, 0.15) is 30.5 Å². The molecule has 0 unspecified atom stereocenters. The van der Waals surface area contributed by atoms with E-state index in [9.17, 15) is 4.79 Å². The molecule has 1 aromatic heterocycles. The minimum Gasteiger partial charge on any atom is -0.341 e. The molecule has 25 heavy (non-hydrogen) atoms. The third-order valence-electron chi connectivity index (χ3n) is 4.86. The van der Waals surface area contributed by atoms with E-state index in [1.165, 1.54) is 5.56 Å². The first-order chi connectivity index (χ1) is 12.2. The van der Waals surface area contributed by atoms with Crippen LogP contribution >= 0.6 is 0 Å². The molecule has 0 spiro atoms. The van der Waals surface area contributed by atoms with Crippen LogP contribution in [0.2, 0.25) is 0 Å². The topological polar surface area (TPSA) is 49.3 Å². The molecule has 1 saturated heterocycles. The van der Waals surface area contributed by atoms with Crippen molar-refractivity contribution >= 4 is 5.91 Å². The van der Waals surface area contributed by atoms with Gasteiger partial charge < -0.3 is 4.90 Å². The van der Waals surface area contributed by atoms with Crippen LogP contribution in [0, 0.1) is 0 Å². The van der Waals surface area contributed by atoms with Gasteiger partial charge in [0.05, 0.1) is 5.69 Å². The van der Waals surface area contributed by atoms with Crippen LogP contribution in [0.25, 0.3) is 0 Å². The standard InChI is InChI=1S/C20H26N4O/c1-23(15-17-6-3-2-4-7-17)19-8-5-13-24(16-19)20(25)10-9-18-14-21-11-12-22-18/h2-4,6-7,11-12,14,19H,5,8-10,13,15-16H2,1H3/t19-/m1/s1. The molecule has 5 nitrogen and oxygen atoms in total. The number of hydrogen-bond acceptors (Lipinski definition) is 4. The van der Waals surface area contributed by atoms with Gasteiger partial charge >= 0.3 is 0 Å². The van der Waals surface area contributed by atoms with Crippen LogP contribution in [-0.4, -0.2) is 51.9 Å². The molecule has 0 bridgehead atoms. The Morgan fingerprint density at radius 1 is 1.28 bits per heavy atom. The van der Waals surface area contributed by atoms with E-state index in [1.807, 2.05) is 11.0 Å². The minimum absolute atomic E-state index is 0.225. The second-order valence-electron chi connectivity index (χ2n) is 6.73. The van der Waals surface area contributed by atoms with Crippen LogP contribution in [0.5, 0.6) is 0 Å². The third-order valence-corrected chi connectivity index (χ3v) is 4.86. The Labute approximate surface area is 149 Å². The van der Waals surface area contributed by atoms with E-state index in [2.05, 4.69) is 46.2 Å². The van der Waals surface area contributed by atoms with Crippen molar-refractivity contribution in [2.75, 3.05) is 20.1 Å². The van der Waals surface area contributed by atoms with E-state index in [0.717, 1.165) is 38.2 Å². The Balaban J connectivity index is 1.50. The van der Waals surface area contributed by atoms with Gasteiger partial charge in [0, 0.05) is 50.7 Å². The molecule has 0 saturated carbocycles. The van der Waals surface area contributed by atoms with Crippen molar-refractivity contribution in [1.82, 2.24) is 19.8 Å². The molecule has 1 atom stereocenters. The van der Waals surface area contributed by atoms with Gasteiger partial charge in [-0.1, -0.05) is 30.3 Å². The Hall–Kier alpha value is -2.27. The van der Waals surface area contributed by atoms with Crippen LogP contribution in [0.4, 0.5) is 0 Å². The number of nitrogens with zero attached hydrogens (tertiary/aromatic N) is 4. The molecule has 0 radical (unpaired) electrons. The van der Waals surface area contributed by atoms with E-state index >= 15 is 0 Å². The maximum absolute atomic E-state index is 12.6. The van der Waals surface area contributed by atoms with E-state index < -0.39 is 0 Å². The summed E-state index contributed by atoms with van der Waals surface area (Å²) >= 11 is 0. The lowest BCUT2D eigenvalue weighted by molar-refractivity contribution is -0.133. The summed E-state index contributed by atoms with van der Waals surface area (Å²) in [6, 6.07) is 10.9. The first-order valence-corrected chi connectivity index (χ1v) is 8.99. The van der Waals surface area contributed by atoms with Crippen molar-refractivity contribution in [3.63, 3.8) is 0 Å². The van der Waals surface area contributed by atoms with Gasteiger partial charge in [-0.25, -0.2) is 0 Å². The summed E-state index contributed by atoms with van der Waals surface area (Å²) in [5.74, 6) is 0.225. The van der Waals surface area contributed by atoms with Crippen molar-refractivity contribution in [3.05, 3.63) is 60.2 Å². The molecule has 3 rings (SSSR count). The van der Waals surface area contributed by atoms with E-state index in [1.54, 1.807) is 18.6 Å². The third kappa shape index (κ3) is 5.10. The highest BCUT2D eigenvalue weighted by Crippen LogP contribution is 2.18. The fourth-order valence-corrected chi connectivity index (χ4v) is 3.39. The Morgan fingerprint density at radius 2 is 2.12 bits per heavy atom. The van der Waals surface area contributed by atoms with Gasteiger partial charge in [-0.3, -0.25) is 19.7 Å². The van der Waals surface area contributed by atoms with Crippen LogP contribution in [0.3, 0.4) is 0 Å². The molecule has 2 heterocycles. The molecular formula is C20H26N4O. The highest BCUT2D eigenvalue weighted by atomic mass is 16.2. The lowest BCUT2D eigenvalue weighted by Crippen LogP contribution is -2.48. The average molecular weight is 338 g/mol. The summed E-state index contributed by atoms with van der Waals surface area (Å²) in [4.78, 5) is 25.3. The van der Waals surface area contributed by atoms with Crippen molar-refractivity contribution in [3.8, 4) is 0 Å². The van der Waals surface area contributed by atoms with Crippen molar-refractivity contribution < 1.29 is 4.79 Å². The maximum Gasteiger partial charge on any atom is 0.223 e. The number of aryl methyl sites for hydroxylation is 1. The van der Waals surface area contributed by atoms with Gasteiger partial charge in [-0.15, -0.1) is 0 Å². The quantitative estimate of drug-likeness (QED) is 0.812. The zero-order chi connectivity index (χ0) is 17.5. The number of benzene rings is 1. The maximum atomic E-state index is 12.6. The molecule has 0 aliphatic carbocycles. The second-order valence-corrected chi connectivity index (χ2v) is 6.73. The molecule has 1 aromatic carbocycles. The molecule has 5 heteroatoms. The fourth-order valence-electron chi connectivity index (χ4n) is 3.39. The highest BCUT2D eigenvalue weighted by molar-refractivity contribution is 5.76. The van der Waals surface area contributed by atoms with Gasteiger partial charge in [0.25, 0.3) is 0 Å². The van der Waals surface area contributed by atoms with Crippen LogP contribution in [-0.2, 0) is 17.8 Å². The number of aromatic nitrogens is 2. The molecule has 0 N–H and O–H groups in total. The average Bonchev–Trinajstić information content (AvgIpc) is 2.68. The number of carbonyl (C=O) groups excluding carboxylic acids is 1. The van der Waals surface area contributed by atoms with Crippen molar-refractivity contribution in [1.29, 1.82) is 0 Å². The second kappa shape index (κ2) is 8.72. The molecule has 1 amide bonds. The van der Waals surface area contributed by atoms with Crippen molar-refractivity contribution in [2.24, 2.45) is 0 Å². The summed E-state index contributed by atoms with van der Waals surface area (Å²) in [6.07, 6.45) is 8.46. The van der Waals surface area contributed by atoms with Gasteiger partial charge in [-0.2, -0.15) is 0 Å². The molecule has 1 aliphatic heterocycles. The fraction of sp³-hybridized carbons (Fsp3) is 0.450. The largest absolute Gasteiger partial charge is 0.341 e. The lowest BCUT2D eigenvalue weighted by Gasteiger charge is -2.37. The number of likely N-dealkylation sites (N-methyl/N-ethyl adjacent to an activating group) is 1. The molecule has 1 aliphatic rings. The number of amides is 1. The van der Waals surface area contributed by atoms with Gasteiger partial charge in [0.1, 0.15) is 0 Å². The first-order valence-electron chi connectivity index (χ1n) is 8.99. The summed E-state index contributed by atoms with van der Waals surface area (Å²) in [7, 11) is 2.16. The monoisotopic (exact) mass is 338 g/mol. The normalized spacial score (nSPS) is 17.7. The summed E-state index contributed by atoms with van der Waals surface area (Å²) < 4.78 is 0. The predicted molar refractivity (Wildman–Crippen MR) is 97.9 cm³/mol. The molecular weight excluding hydrogens is 312 g/mol. The SMILES string of the molecule is CN(Cc1ccccc1)[C@@H]1CCCN(C(=O)CCc2cnccn2)C1. The van der Waals surface area contributed by atoms with E-state index in [4.69, 9.17) is 0 Å². The minimum atomic E-state index is 0.225. The summed E-state index contributed by atoms with van der Waals surface area (Å²) in [5.41, 5.74) is 2.20. The van der Waals surface area contributed by atoms with Gasteiger partial charge in [0.2, 0.25) is 5.91 Å². The zero-order valence-electron chi connectivity index (χ0n) is 14.8. The summed E-state index contributed by atoms with van der Waals surface area (Å²) in [5, 5.41) is 0. The Morgan fingerprint density at radius 3 is 2.88 bits per heavy atom. The Bertz CT molecular complexity index is 662. The number of hydrogen-bond donors (Lipinski definition) is 0. The predicted octanol–water partition coefficient (Wildman–Crippen LogP) is 2.53. The molecule has 132 valence electrons. The Kier molecular flexibility index (Phi) is 6.12. The number of carbonyl (C=O) groups is 1. The smallest absolute Gasteiger partial charge is 0.223 e. The molecule has 1 fully saturated rings. The van der Waals surface area contributed by atoms with Gasteiger partial charge in [-0.05, 0) is 31.9 Å².